The van der Waals surface area contributed by atoms with E-state index < -0.39 is 0 Å². The van der Waals surface area contributed by atoms with Gasteiger partial charge < -0.3 is 15.2 Å². The first-order valence-electron chi connectivity index (χ1n) is 8.34. The highest BCUT2D eigenvalue weighted by Gasteiger charge is 2.17. The zero-order valence-electron chi connectivity index (χ0n) is 13.3. The number of rotatable bonds is 5. The molecule has 0 radical (unpaired) electrons. The van der Waals surface area contributed by atoms with Crippen LogP contribution in [0.4, 0.5) is 0 Å². The van der Waals surface area contributed by atoms with Gasteiger partial charge in [-0.05, 0) is 44.9 Å². The van der Waals surface area contributed by atoms with Crippen LogP contribution in [-0.2, 0) is 0 Å². The third kappa shape index (κ3) is 3.50. The summed E-state index contributed by atoms with van der Waals surface area (Å²) in [6.07, 6.45) is 4.98. The Kier molecular flexibility index (Phi) is 4.78. The van der Waals surface area contributed by atoms with Crippen LogP contribution < -0.4 is 5.32 Å². The van der Waals surface area contributed by atoms with Crippen LogP contribution in [0.25, 0.3) is 10.9 Å². The van der Waals surface area contributed by atoms with Crippen molar-refractivity contribution in [1.82, 2.24) is 15.2 Å². The summed E-state index contributed by atoms with van der Waals surface area (Å²) in [7, 11) is 0. The Morgan fingerprint density at radius 3 is 3.05 bits per heavy atom. The van der Waals surface area contributed by atoms with E-state index in [1.807, 2.05) is 30.3 Å². The number of carbonyl (C=O) groups is 1. The molecule has 118 valence electrons. The van der Waals surface area contributed by atoms with Crippen LogP contribution in [0.1, 0.15) is 43.1 Å². The van der Waals surface area contributed by atoms with Crippen LogP contribution in [0.15, 0.2) is 30.3 Å². The fourth-order valence-electron chi connectivity index (χ4n) is 3.26. The van der Waals surface area contributed by atoms with Crippen molar-refractivity contribution in [2.24, 2.45) is 0 Å². The molecule has 1 aromatic heterocycles. The zero-order chi connectivity index (χ0) is 15.4. The molecule has 2 heterocycles. The molecule has 1 aliphatic heterocycles. The lowest BCUT2D eigenvalue weighted by molar-refractivity contribution is 0.0944. The maximum absolute atomic E-state index is 12.2. The number of likely N-dealkylation sites (tertiary alicyclic amines) is 1. The van der Waals surface area contributed by atoms with E-state index in [2.05, 4.69) is 22.1 Å². The van der Waals surface area contributed by atoms with E-state index in [0.29, 0.717) is 11.7 Å². The Hall–Kier alpha value is -1.81. The van der Waals surface area contributed by atoms with Crippen molar-refractivity contribution in [2.75, 3.05) is 19.6 Å². The van der Waals surface area contributed by atoms with Gasteiger partial charge in [0.1, 0.15) is 5.69 Å². The van der Waals surface area contributed by atoms with Crippen molar-refractivity contribution >= 4 is 16.8 Å². The highest BCUT2D eigenvalue weighted by Crippen LogP contribution is 2.16. The maximum Gasteiger partial charge on any atom is 0.267 e. The first-order chi connectivity index (χ1) is 10.7. The Bertz CT molecular complexity index is 601. The van der Waals surface area contributed by atoms with Crippen molar-refractivity contribution < 1.29 is 4.79 Å². The van der Waals surface area contributed by atoms with Crippen LogP contribution >= 0.6 is 0 Å². The number of nitrogens with one attached hydrogen (secondary N) is 2. The first-order valence-corrected chi connectivity index (χ1v) is 8.34. The predicted molar refractivity (Wildman–Crippen MR) is 90.1 cm³/mol. The standard InChI is InChI=1S/C18H25N3O/c1-14-7-4-5-11-21(14)12-6-10-19-18(22)17-13-15-8-2-3-9-16(15)20-17/h2-3,8-9,13-14,20H,4-7,10-12H2,1H3,(H,19,22)/t14-/m1/s1. The number of para-hydroxylation sites is 1. The molecule has 0 bridgehead atoms. The lowest BCUT2D eigenvalue weighted by Crippen LogP contribution is -2.39. The fourth-order valence-corrected chi connectivity index (χ4v) is 3.26. The predicted octanol–water partition coefficient (Wildman–Crippen LogP) is 3.16. The molecular formula is C18H25N3O. The smallest absolute Gasteiger partial charge is 0.267 e. The second-order valence-corrected chi connectivity index (χ2v) is 6.26. The quantitative estimate of drug-likeness (QED) is 0.833. The molecule has 0 saturated carbocycles. The zero-order valence-corrected chi connectivity index (χ0v) is 13.3. The lowest BCUT2D eigenvalue weighted by Gasteiger charge is -2.33. The molecule has 1 saturated heterocycles. The minimum atomic E-state index is -0.0112. The molecule has 1 atom stereocenters. The second kappa shape index (κ2) is 6.97. The maximum atomic E-state index is 12.2. The monoisotopic (exact) mass is 299 g/mol. The Labute approximate surface area is 131 Å². The molecule has 1 aliphatic rings. The summed E-state index contributed by atoms with van der Waals surface area (Å²) < 4.78 is 0. The molecule has 1 amide bonds. The molecule has 1 fully saturated rings. The van der Waals surface area contributed by atoms with Gasteiger partial charge in [-0.3, -0.25) is 4.79 Å². The number of amides is 1. The highest BCUT2D eigenvalue weighted by molar-refractivity contribution is 5.97. The van der Waals surface area contributed by atoms with Gasteiger partial charge in [0.2, 0.25) is 0 Å². The van der Waals surface area contributed by atoms with Crippen molar-refractivity contribution in [3.8, 4) is 0 Å². The summed E-state index contributed by atoms with van der Waals surface area (Å²) >= 11 is 0. The molecule has 2 N–H and O–H groups in total. The van der Waals surface area contributed by atoms with Crippen molar-refractivity contribution in [3.63, 3.8) is 0 Å². The normalized spacial score (nSPS) is 19.4. The van der Waals surface area contributed by atoms with Crippen LogP contribution in [0.5, 0.6) is 0 Å². The number of aromatic nitrogens is 1. The second-order valence-electron chi connectivity index (χ2n) is 6.26. The SMILES string of the molecule is C[C@@H]1CCCCN1CCCNC(=O)c1cc2ccccc2[nH]1. The van der Waals surface area contributed by atoms with Gasteiger partial charge in [-0.25, -0.2) is 0 Å². The van der Waals surface area contributed by atoms with Gasteiger partial charge in [0.05, 0.1) is 0 Å². The van der Waals surface area contributed by atoms with Gasteiger partial charge in [-0.15, -0.1) is 0 Å². The average Bonchev–Trinajstić information content (AvgIpc) is 2.97. The summed E-state index contributed by atoms with van der Waals surface area (Å²) in [5.74, 6) is -0.0112. The van der Waals surface area contributed by atoms with E-state index in [9.17, 15) is 4.79 Å². The van der Waals surface area contributed by atoms with E-state index in [4.69, 9.17) is 0 Å². The molecule has 4 heteroatoms. The Morgan fingerprint density at radius 2 is 2.23 bits per heavy atom. The van der Waals surface area contributed by atoms with E-state index in [-0.39, 0.29) is 5.91 Å². The number of aromatic amines is 1. The lowest BCUT2D eigenvalue weighted by atomic mass is 10.0. The highest BCUT2D eigenvalue weighted by atomic mass is 16.1. The summed E-state index contributed by atoms with van der Waals surface area (Å²) in [6.45, 7) is 5.32. The molecule has 2 aromatic rings. The van der Waals surface area contributed by atoms with Gasteiger partial charge in [0, 0.05) is 30.0 Å². The molecule has 1 aromatic carbocycles. The summed E-state index contributed by atoms with van der Waals surface area (Å²) in [6, 6.07) is 10.6. The molecule has 0 aliphatic carbocycles. The Balaban J connectivity index is 1.46. The van der Waals surface area contributed by atoms with Crippen LogP contribution in [-0.4, -0.2) is 41.5 Å². The molecule has 0 unspecified atom stereocenters. The number of H-pyrrole nitrogens is 1. The van der Waals surface area contributed by atoms with Crippen molar-refractivity contribution in [3.05, 3.63) is 36.0 Å². The van der Waals surface area contributed by atoms with Crippen molar-refractivity contribution in [1.29, 1.82) is 0 Å². The molecule has 3 rings (SSSR count). The van der Waals surface area contributed by atoms with E-state index >= 15 is 0 Å². The minimum Gasteiger partial charge on any atom is -0.351 e. The topological polar surface area (TPSA) is 48.1 Å². The number of benzene rings is 1. The van der Waals surface area contributed by atoms with E-state index in [1.54, 1.807) is 0 Å². The number of fused-ring (bicyclic) bond motifs is 1. The van der Waals surface area contributed by atoms with Gasteiger partial charge >= 0.3 is 0 Å². The number of hydrogen-bond acceptors (Lipinski definition) is 2. The summed E-state index contributed by atoms with van der Waals surface area (Å²) in [5, 5.41) is 4.10. The summed E-state index contributed by atoms with van der Waals surface area (Å²) in [4.78, 5) is 17.9. The third-order valence-electron chi connectivity index (χ3n) is 4.62. The fraction of sp³-hybridized carbons (Fsp3) is 0.500. The number of hydrogen-bond donors (Lipinski definition) is 2. The van der Waals surface area contributed by atoms with Gasteiger partial charge in [-0.2, -0.15) is 0 Å². The average molecular weight is 299 g/mol. The minimum absolute atomic E-state index is 0.0112. The first kappa shape index (κ1) is 15.1. The third-order valence-corrected chi connectivity index (χ3v) is 4.62. The number of nitrogens with zero attached hydrogens (tertiary/aromatic N) is 1. The molecule has 22 heavy (non-hydrogen) atoms. The van der Waals surface area contributed by atoms with Gasteiger partial charge in [0.15, 0.2) is 0 Å². The van der Waals surface area contributed by atoms with Crippen LogP contribution in [0.3, 0.4) is 0 Å². The Morgan fingerprint density at radius 1 is 1.36 bits per heavy atom. The van der Waals surface area contributed by atoms with Crippen LogP contribution in [0.2, 0.25) is 0 Å². The van der Waals surface area contributed by atoms with E-state index in [0.717, 1.165) is 30.4 Å². The van der Waals surface area contributed by atoms with Gasteiger partial charge in [-0.1, -0.05) is 24.6 Å². The number of carbonyl (C=O) groups excluding carboxylic acids is 1. The van der Waals surface area contributed by atoms with Crippen LogP contribution in [0, 0.1) is 0 Å². The van der Waals surface area contributed by atoms with E-state index in [1.165, 1.54) is 25.8 Å². The molecular weight excluding hydrogens is 274 g/mol. The summed E-state index contributed by atoms with van der Waals surface area (Å²) in [5.41, 5.74) is 1.65. The number of piperidine rings is 1. The van der Waals surface area contributed by atoms with Gasteiger partial charge in [0.25, 0.3) is 5.91 Å². The van der Waals surface area contributed by atoms with Crippen molar-refractivity contribution in [2.45, 2.75) is 38.6 Å². The molecule has 4 nitrogen and oxygen atoms in total. The largest absolute Gasteiger partial charge is 0.351 e. The molecule has 0 spiro atoms.